The fraction of sp³-hybridized carbons (Fsp3) is 0.222. The van der Waals surface area contributed by atoms with Gasteiger partial charge in [0.2, 0.25) is 0 Å². The molecule has 0 radical (unpaired) electrons. The van der Waals surface area contributed by atoms with E-state index in [1.54, 1.807) is 12.1 Å². The Hall–Kier alpha value is -2.60. The van der Waals surface area contributed by atoms with Crippen LogP contribution in [0.4, 0.5) is 0 Å². The molecule has 2 aromatic rings. The molecule has 0 spiro atoms. The van der Waals surface area contributed by atoms with E-state index in [0.29, 0.717) is 6.61 Å². The molecule has 0 heterocycles. The van der Waals surface area contributed by atoms with Crippen molar-refractivity contribution in [3.63, 3.8) is 0 Å². The monoisotopic (exact) mass is 357 g/mol. The molecule has 0 amide bonds. The fourth-order valence-corrected chi connectivity index (χ4v) is 2.84. The summed E-state index contributed by atoms with van der Waals surface area (Å²) in [6.07, 6.45) is 1.29. The first-order chi connectivity index (χ1) is 12.0. The van der Waals surface area contributed by atoms with E-state index >= 15 is 0 Å². The number of hydrogen-bond acceptors (Lipinski definition) is 3. The standard InChI is InChI=1S/C18H19N3O3S/c1-15-7-9-18(10-8-15)25(22,23)20-13-17(21-19)11-12-24-14-16-5-3-2-4-6-16/h2-10,13H,11-12,14H2,1H3/b20-13+. The Bertz CT molecular complexity index is 870. The van der Waals surface area contributed by atoms with Gasteiger partial charge in [-0.2, -0.15) is 17.6 Å². The molecular formula is C18H19N3O3S. The number of sulfonamides is 1. The number of benzene rings is 2. The Morgan fingerprint density at radius 2 is 1.84 bits per heavy atom. The first-order valence-corrected chi connectivity index (χ1v) is 9.15. The summed E-state index contributed by atoms with van der Waals surface area (Å²) in [5, 5.41) is 0. The van der Waals surface area contributed by atoms with Crippen LogP contribution in [0, 0.1) is 6.92 Å². The second kappa shape index (κ2) is 9.03. The number of aryl methyl sites for hydroxylation is 1. The summed E-state index contributed by atoms with van der Waals surface area (Å²) in [6.45, 7) is 2.58. The van der Waals surface area contributed by atoms with Gasteiger partial charge in [-0.05, 0) is 24.6 Å². The third-order valence-electron chi connectivity index (χ3n) is 3.40. The van der Waals surface area contributed by atoms with Crippen LogP contribution in [0.1, 0.15) is 17.5 Å². The summed E-state index contributed by atoms with van der Waals surface area (Å²) in [6, 6.07) is 16.0. The van der Waals surface area contributed by atoms with Crippen molar-refractivity contribution in [2.75, 3.05) is 6.61 Å². The fourth-order valence-electron chi connectivity index (χ4n) is 1.98. The molecule has 0 saturated carbocycles. The molecule has 0 aliphatic heterocycles. The number of ether oxygens (including phenoxy) is 1. The summed E-state index contributed by atoms with van der Waals surface area (Å²) < 4.78 is 33.3. The van der Waals surface area contributed by atoms with Crippen molar-refractivity contribution < 1.29 is 17.9 Å². The Labute approximate surface area is 147 Å². The van der Waals surface area contributed by atoms with E-state index in [1.807, 2.05) is 37.3 Å². The zero-order valence-electron chi connectivity index (χ0n) is 13.9. The first-order valence-electron chi connectivity index (χ1n) is 7.71. The van der Waals surface area contributed by atoms with Crippen molar-refractivity contribution in [2.45, 2.75) is 24.8 Å². The average Bonchev–Trinajstić information content (AvgIpc) is 2.62. The normalized spacial score (nSPS) is 11.4. The minimum atomic E-state index is -3.82. The number of rotatable bonds is 8. The van der Waals surface area contributed by atoms with Crippen LogP contribution in [-0.4, -0.2) is 31.7 Å². The molecule has 0 bridgehead atoms. The molecule has 0 atom stereocenters. The Balaban J connectivity index is 1.89. The van der Waals surface area contributed by atoms with E-state index in [1.165, 1.54) is 12.1 Å². The summed E-state index contributed by atoms with van der Waals surface area (Å²) in [7, 11) is -3.82. The summed E-state index contributed by atoms with van der Waals surface area (Å²) in [4.78, 5) is 3.16. The Morgan fingerprint density at radius 3 is 2.48 bits per heavy atom. The molecule has 2 aromatic carbocycles. The lowest BCUT2D eigenvalue weighted by atomic mass is 10.2. The Kier molecular flexibility index (Phi) is 6.77. The van der Waals surface area contributed by atoms with Crippen LogP contribution in [0.15, 0.2) is 63.9 Å². The van der Waals surface area contributed by atoms with Crippen LogP contribution in [0.5, 0.6) is 0 Å². The largest absolute Gasteiger partial charge is 0.376 e. The van der Waals surface area contributed by atoms with Gasteiger partial charge in [-0.1, -0.05) is 48.0 Å². The highest BCUT2D eigenvalue weighted by atomic mass is 32.2. The third-order valence-corrected chi connectivity index (χ3v) is 4.65. The van der Waals surface area contributed by atoms with Gasteiger partial charge in [0, 0.05) is 0 Å². The molecule has 25 heavy (non-hydrogen) atoms. The lowest BCUT2D eigenvalue weighted by Crippen LogP contribution is -2.09. The molecule has 0 aliphatic carbocycles. The van der Waals surface area contributed by atoms with E-state index in [2.05, 4.69) is 9.19 Å². The second-order valence-corrected chi connectivity index (χ2v) is 7.03. The molecule has 0 unspecified atom stereocenters. The van der Waals surface area contributed by atoms with Crippen LogP contribution < -0.4 is 0 Å². The van der Waals surface area contributed by atoms with Gasteiger partial charge in [-0.15, -0.1) is 0 Å². The highest BCUT2D eigenvalue weighted by Crippen LogP contribution is 2.12. The van der Waals surface area contributed by atoms with Crippen LogP contribution in [0.25, 0.3) is 5.53 Å². The van der Waals surface area contributed by atoms with Crippen molar-refractivity contribution in [3.05, 3.63) is 71.3 Å². The van der Waals surface area contributed by atoms with E-state index in [9.17, 15) is 8.42 Å². The minimum Gasteiger partial charge on any atom is -0.376 e. The summed E-state index contributed by atoms with van der Waals surface area (Å²) in [5.41, 5.74) is 11.1. The van der Waals surface area contributed by atoms with E-state index in [4.69, 9.17) is 10.3 Å². The van der Waals surface area contributed by atoms with Crippen molar-refractivity contribution in [1.29, 1.82) is 0 Å². The third kappa shape index (κ3) is 6.08. The lowest BCUT2D eigenvalue weighted by molar-refractivity contribution is -0.00683. The maximum atomic E-state index is 12.1. The van der Waals surface area contributed by atoms with E-state index in [-0.39, 0.29) is 23.6 Å². The Morgan fingerprint density at radius 1 is 1.16 bits per heavy atom. The second-order valence-electron chi connectivity index (χ2n) is 5.40. The van der Waals surface area contributed by atoms with Crippen molar-refractivity contribution in [3.8, 4) is 0 Å². The van der Waals surface area contributed by atoms with Gasteiger partial charge >= 0.3 is 5.71 Å². The maximum absolute atomic E-state index is 12.1. The molecular weight excluding hydrogens is 338 g/mol. The molecule has 2 rings (SSSR count). The first kappa shape index (κ1) is 18.7. The number of nitrogens with zero attached hydrogens (tertiary/aromatic N) is 3. The maximum Gasteiger partial charge on any atom is 0.313 e. The van der Waals surface area contributed by atoms with Crippen LogP contribution >= 0.6 is 0 Å². The van der Waals surface area contributed by atoms with E-state index < -0.39 is 10.0 Å². The summed E-state index contributed by atoms with van der Waals surface area (Å²) >= 11 is 0. The molecule has 0 saturated heterocycles. The topological polar surface area (TPSA) is 92.1 Å². The summed E-state index contributed by atoms with van der Waals surface area (Å²) in [5.74, 6) is 0. The van der Waals surface area contributed by atoms with Crippen LogP contribution in [0.2, 0.25) is 0 Å². The predicted molar refractivity (Wildman–Crippen MR) is 96.2 cm³/mol. The van der Waals surface area contributed by atoms with Crippen molar-refractivity contribution >= 4 is 21.9 Å². The van der Waals surface area contributed by atoms with Gasteiger partial charge in [0.1, 0.15) is 6.21 Å². The van der Waals surface area contributed by atoms with Crippen molar-refractivity contribution in [2.24, 2.45) is 4.40 Å². The molecule has 130 valence electrons. The molecule has 7 heteroatoms. The quantitative estimate of drug-likeness (QED) is 0.315. The van der Waals surface area contributed by atoms with Gasteiger partial charge in [0.25, 0.3) is 10.0 Å². The smallest absolute Gasteiger partial charge is 0.313 e. The highest BCUT2D eigenvalue weighted by Gasteiger charge is 2.13. The average molecular weight is 357 g/mol. The van der Waals surface area contributed by atoms with Crippen LogP contribution in [-0.2, 0) is 21.4 Å². The molecule has 0 N–H and O–H groups in total. The zero-order chi connectivity index (χ0) is 18.1. The minimum absolute atomic E-state index is 0.0898. The lowest BCUT2D eigenvalue weighted by Gasteiger charge is -2.01. The van der Waals surface area contributed by atoms with Gasteiger partial charge in [0.05, 0.1) is 24.5 Å². The number of hydrogen-bond donors (Lipinski definition) is 0. The van der Waals surface area contributed by atoms with Gasteiger partial charge < -0.3 is 10.3 Å². The van der Waals surface area contributed by atoms with E-state index in [0.717, 1.165) is 17.3 Å². The van der Waals surface area contributed by atoms with Crippen LogP contribution in [0.3, 0.4) is 0 Å². The SMILES string of the molecule is Cc1ccc(S(=O)(=O)/N=C/C(CCOCc2ccccc2)=[N+]=[N-])cc1. The highest BCUT2D eigenvalue weighted by molar-refractivity contribution is 7.90. The molecule has 0 aliphatic rings. The molecule has 0 aromatic heterocycles. The molecule has 6 nitrogen and oxygen atoms in total. The predicted octanol–water partition coefficient (Wildman–Crippen LogP) is 3.03. The van der Waals surface area contributed by atoms with Gasteiger partial charge in [0.15, 0.2) is 0 Å². The van der Waals surface area contributed by atoms with Gasteiger partial charge in [-0.3, -0.25) is 0 Å². The van der Waals surface area contributed by atoms with Gasteiger partial charge in [-0.25, -0.2) is 0 Å². The molecule has 0 fully saturated rings. The zero-order valence-corrected chi connectivity index (χ0v) is 14.7. The van der Waals surface area contributed by atoms with Crippen molar-refractivity contribution in [1.82, 2.24) is 0 Å².